The smallest absolute Gasteiger partial charge is 0.320 e. The Kier molecular flexibility index (Phi) is 9.31. The molecule has 0 aliphatic heterocycles. The first-order valence-corrected chi connectivity index (χ1v) is 8.76. The lowest BCUT2D eigenvalue weighted by Crippen LogP contribution is -2.30. The number of hydrogen-bond donors (Lipinski definition) is 4. The highest BCUT2D eigenvalue weighted by molar-refractivity contribution is 8.13. The summed E-state index contributed by atoms with van der Waals surface area (Å²) in [5.74, 6) is -2.53. The predicted molar refractivity (Wildman–Crippen MR) is 93.8 cm³/mol. The van der Waals surface area contributed by atoms with Gasteiger partial charge in [0.15, 0.2) is 5.12 Å². The molecule has 0 saturated carbocycles. The van der Waals surface area contributed by atoms with E-state index in [1.165, 1.54) is 18.5 Å². The Labute approximate surface area is 154 Å². The van der Waals surface area contributed by atoms with Gasteiger partial charge in [0.05, 0.1) is 12.0 Å². The number of carboxylic acids is 2. The Morgan fingerprint density at radius 2 is 1.92 bits per heavy atom. The van der Waals surface area contributed by atoms with Crippen LogP contribution >= 0.6 is 11.8 Å². The third-order valence-electron chi connectivity index (χ3n) is 3.34. The van der Waals surface area contributed by atoms with Gasteiger partial charge in [-0.2, -0.15) is 0 Å². The molecule has 0 aromatic carbocycles. The molecule has 142 valence electrons. The third kappa shape index (κ3) is 8.08. The summed E-state index contributed by atoms with van der Waals surface area (Å²) in [7, 11) is 0. The third-order valence-corrected chi connectivity index (χ3v) is 4.34. The Balaban J connectivity index is 2.50. The lowest BCUT2D eigenvalue weighted by atomic mass is 10.1. The number of carbonyl (C=O) groups excluding carboxylic acids is 2. The highest BCUT2D eigenvalue weighted by atomic mass is 32.2. The van der Waals surface area contributed by atoms with E-state index in [9.17, 15) is 19.2 Å². The van der Waals surface area contributed by atoms with Crippen molar-refractivity contribution in [1.82, 2.24) is 10.3 Å². The summed E-state index contributed by atoms with van der Waals surface area (Å²) in [5, 5.41) is 19.6. The molecule has 10 heteroatoms. The number of nitrogens with two attached hydrogens (primary N) is 1. The second-order valence-corrected chi connectivity index (χ2v) is 6.54. The SMILES string of the molecule is N[C@H](CCCCNC(=O)c1cnccc1SC(=O)CCC(=O)O)C(=O)O. The number of aliphatic carboxylic acids is 2. The molecule has 1 atom stereocenters. The molecule has 26 heavy (non-hydrogen) atoms. The van der Waals surface area contributed by atoms with Crippen LogP contribution in [-0.4, -0.2) is 50.7 Å². The van der Waals surface area contributed by atoms with Crippen molar-refractivity contribution >= 4 is 34.7 Å². The minimum Gasteiger partial charge on any atom is -0.481 e. The first kappa shape index (κ1) is 21.6. The molecule has 5 N–H and O–H groups in total. The molecule has 1 aromatic heterocycles. The van der Waals surface area contributed by atoms with Gasteiger partial charge in [-0.05, 0) is 25.3 Å². The van der Waals surface area contributed by atoms with E-state index in [1.54, 1.807) is 0 Å². The van der Waals surface area contributed by atoms with Gasteiger partial charge in [-0.3, -0.25) is 24.2 Å². The number of amides is 1. The average Bonchev–Trinajstić information content (AvgIpc) is 2.59. The van der Waals surface area contributed by atoms with Crippen LogP contribution in [0, 0.1) is 0 Å². The van der Waals surface area contributed by atoms with Gasteiger partial charge in [0.25, 0.3) is 5.91 Å². The van der Waals surface area contributed by atoms with Gasteiger partial charge in [0.2, 0.25) is 0 Å². The number of pyridine rings is 1. The Morgan fingerprint density at radius 1 is 1.19 bits per heavy atom. The van der Waals surface area contributed by atoms with Gasteiger partial charge in [0, 0.05) is 30.3 Å². The summed E-state index contributed by atoms with van der Waals surface area (Å²) < 4.78 is 0. The van der Waals surface area contributed by atoms with E-state index < -0.39 is 23.9 Å². The van der Waals surface area contributed by atoms with Crippen molar-refractivity contribution in [3.05, 3.63) is 24.0 Å². The monoisotopic (exact) mass is 383 g/mol. The molecule has 1 aromatic rings. The number of hydrogen-bond acceptors (Lipinski definition) is 7. The molecule has 0 spiro atoms. The van der Waals surface area contributed by atoms with Crippen LogP contribution in [0.5, 0.6) is 0 Å². The lowest BCUT2D eigenvalue weighted by Gasteiger charge is -2.09. The van der Waals surface area contributed by atoms with Gasteiger partial charge >= 0.3 is 11.9 Å². The van der Waals surface area contributed by atoms with Crippen LogP contribution in [0.3, 0.4) is 0 Å². The normalized spacial score (nSPS) is 11.6. The molecule has 0 fully saturated rings. The van der Waals surface area contributed by atoms with E-state index in [-0.39, 0.29) is 23.5 Å². The molecular weight excluding hydrogens is 362 g/mol. The largest absolute Gasteiger partial charge is 0.481 e. The number of aromatic nitrogens is 1. The number of nitrogens with zero attached hydrogens (tertiary/aromatic N) is 1. The number of carboxylic acid groups (broad SMARTS) is 2. The molecule has 1 rings (SSSR count). The van der Waals surface area contributed by atoms with Crippen LogP contribution in [0.25, 0.3) is 0 Å². The van der Waals surface area contributed by atoms with Crippen molar-refractivity contribution in [2.75, 3.05) is 6.54 Å². The summed E-state index contributed by atoms with van der Waals surface area (Å²) in [6, 6.07) is 0.605. The number of rotatable bonds is 11. The molecule has 0 aliphatic rings. The molecule has 1 amide bonds. The maximum Gasteiger partial charge on any atom is 0.320 e. The fraction of sp³-hybridized carbons (Fsp3) is 0.438. The maximum absolute atomic E-state index is 12.2. The first-order valence-electron chi connectivity index (χ1n) is 7.94. The van der Waals surface area contributed by atoms with E-state index in [2.05, 4.69) is 10.3 Å². The first-order chi connectivity index (χ1) is 12.3. The van der Waals surface area contributed by atoms with Crippen molar-refractivity contribution in [2.45, 2.75) is 43.0 Å². The van der Waals surface area contributed by atoms with E-state index in [4.69, 9.17) is 15.9 Å². The fourth-order valence-electron chi connectivity index (χ4n) is 1.93. The Bertz CT molecular complexity index is 667. The van der Waals surface area contributed by atoms with Crippen LogP contribution in [-0.2, 0) is 14.4 Å². The highest BCUT2D eigenvalue weighted by Gasteiger charge is 2.16. The van der Waals surface area contributed by atoms with Crippen LogP contribution < -0.4 is 11.1 Å². The minimum absolute atomic E-state index is 0.132. The molecule has 1 heterocycles. The van der Waals surface area contributed by atoms with Gasteiger partial charge in [-0.15, -0.1) is 0 Å². The zero-order valence-corrected chi connectivity index (χ0v) is 14.8. The second-order valence-electron chi connectivity index (χ2n) is 5.44. The van der Waals surface area contributed by atoms with Crippen LogP contribution in [0.2, 0.25) is 0 Å². The van der Waals surface area contributed by atoms with Crippen molar-refractivity contribution < 1.29 is 29.4 Å². The molecular formula is C16H21N3O6S. The summed E-state index contributed by atoms with van der Waals surface area (Å²) in [4.78, 5) is 49.4. The van der Waals surface area contributed by atoms with Gasteiger partial charge in [-0.25, -0.2) is 0 Å². The number of thioether (sulfide) groups is 1. The minimum atomic E-state index is -1.06. The fourth-order valence-corrected chi connectivity index (χ4v) is 2.77. The van der Waals surface area contributed by atoms with E-state index in [0.29, 0.717) is 30.7 Å². The van der Waals surface area contributed by atoms with Gasteiger partial charge < -0.3 is 21.3 Å². The maximum atomic E-state index is 12.2. The molecule has 0 aliphatic carbocycles. The Hall–Kier alpha value is -2.46. The van der Waals surface area contributed by atoms with E-state index >= 15 is 0 Å². The number of nitrogens with one attached hydrogen (secondary N) is 1. The molecule has 0 unspecified atom stereocenters. The zero-order chi connectivity index (χ0) is 19.5. The van der Waals surface area contributed by atoms with E-state index in [0.717, 1.165) is 11.8 Å². The number of unbranched alkanes of at least 4 members (excludes halogenated alkanes) is 1. The average molecular weight is 383 g/mol. The summed E-state index contributed by atoms with van der Waals surface area (Å²) >= 11 is 0.806. The van der Waals surface area contributed by atoms with Crippen molar-refractivity contribution in [3.63, 3.8) is 0 Å². The summed E-state index contributed by atoms with van der Waals surface area (Å²) in [6.07, 6.45) is 3.81. The lowest BCUT2D eigenvalue weighted by molar-refractivity contribution is -0.139. The van der Waals surface area contributed by atoms with E-state index in [1.807, 2.05) is 0 Å². The van der Waals surface area contributed by atoms with Crippen molar-refractivity contribution in [2.24, 2.45) is 5.73 Å². The highest BCUT2D eigenvalue weighted by Crippen LogP contribution is 2.24. The zero-order valence-electron chi connectivity index (χ0n) is 14.0. The molecule has 0 radical (unpaired) electrons. The molecule has 0 bridgehead atoms. The standard InChI is InChI=1S/C16H21N3O6S/c17-11(16(24)25)3-1-2-7-19-15(23)10-9-18-8-6-12(10)26-14(22)5-4-13(20)21/h6,8-9,11H,1-5,7,17H2,(H,19,23)(H,20,21)(H,24,25)/t11-/m1/s1. The predicted octanol–water partition coefficient (Wildman–Crippen LogP) is 0.877. The van der Waals surface area contributed by atoms with Crippen LogP contribution in [0.15, 0.2) is 23.4 Å². The van der Waals surface area contributed by atoms with Gasteiger partial charge in [-0.1, -0.05) is 11.8 Å². The second kappa shape index (κ2) is 11.2. The Morgan fingerprint density at radius 3 is 2.58 bits per heavy atom. The summed E-state index contributed by atoms with van der Waals surface area (Å²) in [5.41, 5.74) is 5.62. The quantitative estimate of drug-likeness (QED) is 0.321. The molecule has 0 saturated heterocycles. The topological polar surface area (TPSA) is 160 Å². The van der Waals surface area contributed by atoms with Crippen molar-refractivity contribution in [1.29, 1.82) is 0 Å². The van der Waals surface area contributed by atoms with Gasteiger partial charge in [0.1, 0.15) is 6.04 Å². The van der Waals surface area contributed by atoms with Crippen LogP contribution in [0.1, 0.15) is 42.5 Å². The summed E-state index contributed by atoms with van der Waals surface area (Å²) in [6.45, 7) is 0.330. The number of carbonyl (C=O) groups is 4. The van der Waals surface area contributed by atoms with Crippen molar-refractivity contribution in [3.8, 4) is 0 Å². The van der Waals surface area contributed by atoms with Crippen LogP contribution in [0.4, 0.5) is 0 Å². The molecule has 9 nitrogen and oxygen atoms in total.